The Morgan fingerprint density at radius 2 is 2.00 bits per heavy atom. The number of rotatable bonds is 4. The third-order valence-corrected chi connectivity index (χ3v) is 3.87. The van der Waals surface area contributed by atoms with Gasteiger partial charge < -0.3 is 15.5 Å². The minimum atomic E-state index is 0.0225. The maximum atomic E-state index is 12.3. The zero-order valence-electron chi connectivity index (χ0n) is 11.9. The third kappa shape index (κ3) is 4.39. The van der Waals surface area contributed by atoms with Gasteiger partial charge in [0.2, 0.25) is 0 Å². The average Bonchev–Trinajstić information content (AvgIpc) is 2.47. The van der Waals surface area contributed by atoms with Crippen molar-refractivity contribution in [1.29, 1.82) is 0 Å². The van der Waals surface area contributed by atoms with E-state index < -0.39 is 0 Å². The first-order valence-corrected chi connectivity index (χ1v) is 7.57. The Morgan fingerprint density at radius 3 is 2.60 bits per heavy atom. The summed E-state index contributed by atoms with van der Waals surface area (Å²) in [5, 5.41) is 7.14. The molecule has 5 heteroatoms. The van der Waals surface area contributed by atoms with Crippen LogP contribution in [0.4, 0.5) is 4.79 Å². The molecule has 0 radical (unpaired) electrons. The van der Waals surface area contributed by atoms with Crippen molar-refractivity contribution in [2.75, 3.05) is 19.6 Å². The van der Waals surface area contributed by atoms with Gasteiger partial charge in [-0.2, -0.15) is 0 Å². The molecule has 1 saturated heterocycles. The lowest BCUT2D eigenvalue weighted by Crippen LogP contribution is -2.48. The van der Waals surface area contributed by atoms with Gasteiger partial charge in [0, 0.05) is 24.2 Å². The maximum Gasteiger partial charge on any atom is 0.317 e. The fraction of sp³-hybridized carbons (Fsp3) is 0.533. The van der Waals surface area contributed by atoms with Crippen LogP contribution in [0.25, 0.3) is 0 Å². The smallest absolute Gasteiger partial charge is 0.317 e. The van der Waals surface area contributed by atoms with E-state index in [-0.39, 0.29) is 6.03 Å². The van der Waals surface area contributed by atoms with E-state index in [0.717, 1.165) is 36.5 Å². The highest BCUT2D eigenvalue weighted by molar-refractivity contribution is 6.30. The van der Waals surface area contributed by atoms with Gasteiger partial charge in [0.15, 0.2) is 0 Å². The van der Waals surface area contributed by atoms with Crippen LogP contribution in [-0.2, 0) is 6.54 Å². The molecule has 0 unspecified atom stereocenters. The zero-order chi connectivity index (χ0) is 14.4. The molecular formula is C15H22ClN3O. The van der Waals surface area contributed by atoms with E-state index in [1.807, 2.05) is 36.1 Å². The number of piperidine rings is 1. The largest absolute Gasteiger partial charge is 0.335 e. The average molecular weight is 296 g/mol. The minimum Gasteiger partial charge on any atom is -0.335 e. The molecule has 2 N–H and O–H groups in total. The predicted molar refractivity (Wildman–Crippen MR) is 82.0 cm³/mol. The number of carbonyl (C=O) groups is 1. The number of nitrogens with one attached hydrogen (secondary N) is 2. The number of carbonyl (C=O) groups excluding carboxylic acids is 1. The highest BCUT2D eigenvalue weighted by Crippen LogP contribution is 2.12. The molecule has 2 amide bonds. The molecule has 110 valence electrons. The molecule has 1 aromatic rings. The standard InChI is InChI=1S/C15H22ClN3O/c1-2-19(11-12-3-5-13(16)6-4-12)15(20)18-14-7-9-17-10-8-14/h3-6,14,17H,2,7-11H2,1H3,(H,18,20). The first-order chi connectivity index (χ1) is 9.69. The first kappa shape index (κ1) is 15.1. The van der Waals surface area contributed by atoms with E-state index in [9.17, 15) is 4.79 Å². The van der Waals surface area contributed by atoms with Gasteiger partial charge in [-0.1, -0.05) is 23.7 Å². The molecule has 4 nitrogen and oxygen atoms in total. The fourth-order valence-electron chi connectivity index (χ4n) is 2.37. The molecule has 1 heterocycles. The summed E-state index contributed by atoms with van der Waals surface area (Å²) in [4.78, 5) is 14.1. The molecule has 0 bridgehead atoms. The molecule has 1 aliphatic heterocycles. The van der Waals surface area contributed by atoms with E-state index in [1.165, 1.54) is 0 Å². The number of urea groups is 1. The van der Waals surface area contributed by atoms with Gasteiger partial charge in [0.05, 0.1) is 0 Å². The number of hydrogen-bond donors (Lipinski definition) is 2. The molecule has 0 saturated carbocycles. The van der Waals surface area contributed by atoms with Crippen LogP contribution < -0.4 is 10.6 Å². The lowest BCUT2D eigenvalue weighted by atomic mass is 10.1. The second-order valence-corrected chi connectivity index (χ2v) is 5.55. The van der Waals surface area contributed by atoms with Gasteiger partial charge in [-0.15, -0.1) is 0 Å². The van der Waals surface area contributed by atoms with E-state index in [0.29, 0.717) is 19.1 Å². The predicted octanol–water partition coefficient (Wildman–Crippen LogP) is 2.62. The topological polar surface area (TPSA) is 44.4 Å². The number of benzene rings is 1. The highest BCUT2D eigenvalue weighted by atomic mass is 35.5. The fourth-order valence-corrected chi connectivity index (χ4v) is 2.50. The van der Waals surface area contributed by atoms with Gasteiger partial charge in [-0.25, -0.2) is 4.79 Å². The van der Waals surface area contributed by atoms with E-state index in [1.54, 1.807) is 0 Å². The summed E-state index contributed by atoms with van der Waals surface area (Å²) >= 11 is 5.87. The Hall–Kier alpha value is -1.26. The second-order valence-electron chi connectivity index (χ2n) is 5.11. The lowest BCUT2D eigenvalue weighted by molar-refractivity contribution is 0.191. The molecule has 0 aromatic heterocycles. The summed E-state index contributed by atoms with van der Waals surface area (Å²) in [5.41, 5.74) is 1.09. The van der Waals surface area contributed by atoms with Crippen molar-refractivity contribution in [3.05, 3.63) is 34.9 Å². The minimum absolute atomic E-state index is 0.0225. The van der Waals surface area contributed by atoms with Crippen molar-refractivity contribution in [2.45, 2.75) is 32.4 Å². The van der Waals surface area contributed by atoms with E-state index in [2.05, 4.69) is 10.6 Å². The van der Waals surface area contributed by atoms with E-state index in [4.69, 9.17) is 11.6 Å². The molecule has 20 heavy (non-hydrogen) atoms. The van der Waals surface area contributed by atoms with Gasteiger partial charge >= 0.3 is 6.03 Å². The Labute approximate surface area is 125 Å². The van der Waals surface area contributed by atoms with Crippen LogP contribution in [0.1, 0.15) is 25.3 Å². The molecule has 1 aromatic carbocycles. The van der Waals surface area contributed by atoms with Gasteiger partial charge in [-0.05, 0) is 50.6 Å². The molecule has 1 aliphatic rings. The SMILES string of the molecule is CCN(Cc1ccc(Cl)cc1)C(=O)NC1CCNCC1. The Kier molecular flexibility index (Phi) is 5.68. The number of hydrogen-bond acceptors (Lipinski definition) is 2. The first-order valence-electron chi connectivity index (χ1n) is 7.19. The number of halogens is 1. The molecule has 0 spiro atoms. The van der Waals surface area contributed by atoms with Crippen molar-refractivity contribution in [3.63, 3.8) is 0 Å². The summed E-state index contributed by atoms with van der Waals surface area (Å²) < 4.78 is 0. The number of nitrogens with zero attached hydrogens (tertiary/aromatic N) is 1. The summed E-state index contributed by atoms with van der Waals surface area (Å²) in [5.74, 6) is 0. The van der Waals surface area contributed by atoms with Crippen molar-refractivity contribution < 1.29 is 4.79 Å². The van der Waals surface area contributed by atoms with Crippen LogP contribution >= 0.6 is 11.6 Å². The van der Waals surface area contributed by atoms with Crippen LogP contribution in [0.15, 0.2) is 24.3 Å². The maximum absolute atomic E-state index is 12.3. The third-order valence-electron chi connectivity index (χ3n) is 3.62. The quantitative estimate of drug-likeness (QED) is 0.897. The van der Waals surface area contributed by atoms with Crippen LogP contribution in [-0.4, -0.2) is 36.6 Å². The van der Waals surface area contributed by atoms with Crippen molar-refractivity contribution in [2.24, 2.45) is 0 Å². The summed E-state index contributed by atoms with van der Waals surface area (Å²) in [6, 6.07) is 7.95. The van der Waals surface area contributed by atoms with Crippen molar-refractivity contribution in [1.82, 2.24) is 15.5 Å². The molecule has 2 rings (SSSR count). The Balaban J connectivity index is 1.89. The van der Waals surface area contributed by atoms with E-state index >= 15 is 0 Å². The van der Waals surface area contributed by atoms with Crippen LogP contribution in [0, 0.1) is 0 Å². The summed E-state index contributed by atoms with van der Waals surface area (Å²) in [6.45, 7) is 5.27. The van der Waals surface area contributed by atoms with Crippen LogP contribution in [0.5, 0.6) is 0 Å². The van der Waals surface area contributed by atoms with Crippen molar-refractivity contribution >= 4 is 17.6 Å². The molecule has 1 fully saturated rings. The van der Waals surface area contributed by atoms with Gasteiger partial charge in [-0.3, -0.25) is 0 Å². The van der Waals surface area contributed by atoms with Crippen LogP contribution in [0.3, 0.4) is 0 Å². The molecule has 0 atom stereocenters. The second kappa shape index (κ2) is 7.50. The van der Waals surface area contributed by atoms with Gasteiger partial charge in [0.1, 0.15) is 0 Å². The highest BCUT2D eigenvalue weighted by Gasteiger charge is 2.18. The van der Waals surface area contributed by atoms with Crippen molar-refractivity contribution in [3.8, 4) is 0 Å². The normalized spacial score (nSPS) is 15.9. The molecular weight excluding hydrogens is 274 g/mol. The zero-order valence-corrected chi connectivity index (χ0v) is 12.6. The number of amides is 2. The summed E-state index contributed by atoms with van der Waals surface area (Å²) in [7, 11) is 0. The van der Waals surface area contributed by atoms with Gasteiger partial charge in [0.25, 0.3) is 0 Å². The summed E-state index contributed by atoms with van der Waals surface area (Å²) in [6.07, 6.45) is 2.01. The van der Waals surface area contributed by atoms with Crippen LogP contribution in [0.2, 0.25) is 5.02 Å². The lowest BCUT2D eigenvalue weighted by Gasteiger charge is -2.28. The molecule has 0 aliphatic carbocycles. The Morgan fingerprint density at radius 1 is 1.35 bits per heavy atom. The monoisotopic (exact) mass is 295 g/mol. The Bertz CT molecular complexity index is 429.